The zero-order valence-corrected chi connectivity index (χ0v) is 11.0. The molecule has 2 aliphatic rings. The molecule has 1 saturated heterocycles. The summed E-state index contributed by atoms with van der Waals surface area (Å²) in [6.45, 7) is 2.89. The van der Waals surface area contributed by atoms with Crippen LogP contribution in [0.1, 0.15) is 39.0 Å². The van der Waals surface area contributed by atoms with Gasteiger partial charge in [0.15, 0.2) is 0 Å². The maximum Gasteiger partial charge on any atom is 0.309 e. The van der Waals surface area contributed by atoms with Crippen LogP contribution in [0.3, 0.4) is 0 Å². The summed E-state index contributed by atoms with van der Waals surface area (Å²) >= 11 is 0. The van der Waals surface area contributed by atoms with Crippen LogP contribution in [-0.2, 0) is 19.1 Å². The average Bonchev–Trinajstić information content (AvgIpc) is 3.20. The van der Waals surface area contributed by atoms with Crippen LogP contribution in [-0.4, -0.2) is 31.6 Å². The zero-order chi connectivity index (χ0) is 13.0. The molecule has 0 N–H and O–H groups in total. The molecule has 1 heterocycles. The summed E-state index contributed by atoms with van der Waals surface area (Å²) in [5, 5.41) is 0. The molecular weight excluding hydrogens is 232 g/mol. The van der Waals surface area contributed by atoms with Crippen molar-refractivity contribution >= 4 is 12.3 Å². The van der Waals surface area contributed by atoms with Crippen molar-refractivity contribution in [3.8, 4) is 0 Å². The van der Waals surface area contributed by atoms with Gasteiger partial charge in [-0.1, -0.05) is 0 Å². The van der Waals surface area contributed by atoms with E-state index in [1.807, 2.05) is 0 Å². The molecule has 3 atom stereocenters. The summed E-state index contributed by atoms with van der Waals surface area (Å²) in [5.74, 6) is 0.444. The molecule has 102 valence electrons. The number of esters is 1. The van der Waals surface area contributed by atoms with Gasteiger partial charge in [0.25, 0.3) is 0 Å². The minimum absolute atomic E-state index is 0.217. The Morgan fingerprint density at radius 3 is 2.83 bits per heavy atom. The maximum atomic E-state index is 11.9. The fourth-order valence-corrected chi connectivity index (χ4v) is 2.85. The molecule has 2 fully saturated rings. The molecule has 18 heavy (non-hydrogen) atoms. The standard InChI is InChI=1S/C14H22O4/c1-2-17-14(16)12(5-7-15)11-6-8-18-13(9-11)10-3-4-10/h7,10-13H,2-6,8-9H2,1H3/t11-,12-,13-/m1/s1. The third-order valence-electron chi connectivity index (χ3n) is 4.01. The molecule has 0 amide bonds. The van der Waals surface area contributed by atoms with Crippen LogP contribution in [0, 0.1) is 17.8 Å². The van der Waals surface area contributed by atoms with Crippen molar-refractivity contribution in [3.05, 3.63) is 0 Å². The lowest BCUT2D eigenvalue weighted by Gasteiger charge is -2.33. The molecule has 0 bridgehead atoms. The van der Waals surface area contributed by atoms with Crippen molar-refractivity contribution in [2.24, 2.45) is 17.8 Å². The normalized spacial score (nSPS) is 29.6. The minimum atomic E-state index is -0.271. The van der Waals surface area contributed by atoms with Crippen molar-refractivity contribution in [1.82, 2.24) is 0 Å². The van der Waals surface area contributed by atoms with Gasteiger partial charge in [-0.3, -0.25) is 4.79 Å². The smallest absolute Gasteiger partial charge is 0.309 e. The van der Waals surface area contributed by atoms with Crippen LogP contribution in [0.2, 0.25) is 0 Å². The second-order valence-corrected chi connectivity index (χ2v) is 5.29. The first kappa shape index (κ1) is 13.5. The van der Waals surface area contributed by atoms with Crippen molar-refractivity contribution in [1.29, 1.82) is 0 Å². The summed E-state index contributed by atoms with van der Waals surface area (Å²) in [6.07, 6.45) is 5.67. The SMILES string of the molecule is CCOC(=O)[C@H](CC=O)[C@@H]1CCO[C@@H](C2CC2)C1. The Morgan fingerprint density at radius 1 is 1.44 bits per heavy atom. The lowest BCUT2D eigenvalue weighted by Crippen LogP contribution is -2.35. The average molecular weight is 254 g/mol. The van der Waals surface area contributed by atoms with Gasteiger partial charge >= 0.3 is 5.97 Å². The number of hydrogen-bond donors (Lipinski definition) is 0. The molecule has 1 saturated carbocycles. The summed E-state index contributed by atoms with van der Waals surface area (Å²) < 4.78 is 10.8. The highest BCUT2D eigenvalue weighted by Crippen LogP contribution is 2.41. The van der Waals surface area contributed by atoms with E-state index in [1.54, 1.807) is 6.92 Å². The fourth-order valence-electron chi connectivity index (χ4n) is 2.85. The highest BCUT2D eigenvalue weighted by Gasteiger charge is 2.39. The highest BCUT2D eigenvalue weighted by molar-refractivity contribution is 5.75. The van der Waals surface area contributed by atoms with Gasteiger partial charge in [-0.25, -0.2) is 0 Å². The number of aldehydes is 1. The van der Waals surface area contributed by atoms with E-state index in [0.29, 0.717) is 25.2 Å². The van der Waals surface area contributed by atoms with Gasteiger partial charge in [-0.2, -0.15) is 0 Å². The van der Waals surface area contributed by atoms with E-state index in [4.69, 9.17) is 9.47 Å². The second kappa shape index (κ2) is 6.32. The topological polar surface area (TPSA) is 52.6 Å². The Bertz CT molecular complexity index is 298. The Hall–Kier alpha value is -0.900. The number of carbonyl (C=O) groups is 2. The largest absolute Gasteiger partial charge is 0.466 e. The van der Waals surface area contributed by atoms with Gasteiger partial charge in [0, 0.05) is 13.0 Å². The van der Waals surface area contributed by atoms with Crippen LogP contribution >= 0.6 is 0 Å². The molecule has 1 aliphatic carbocycles. The molecule has 2 rings (SSSR count). The molecule has 0 aromatic heterocycles. The summed E-state index contributed by atoms with van der Waals surface area (Å²) in [5.41, 5.74) is 0. The van der Waals surface area contributed by atoms with Gasteiger partial charge in [0.1, 0.15) is 6.29 Å². The first-order chi connectivity index (χ1) is 8.76. The lowest BCUT2D eigenvalue weighted by molar-refractivity contribution is -0.153. The van der Waals surface area contributed by atoms with Crippen LogP contribution in [0.15, 0.2) is 0 Å². The van der Waals surface area contributed by atoms with Crippen LogP contribution < -0.4 is 0 Å². The molecular formula is C14H22O4. The van der Waals surface area contributed by atoms with Crippen LogP contribution in [0.4, 0.5) is 0 Å². The van der Waals surface area contributed by atoms with E-state index in [9.17, 15) is 9.59 Å². The predicted molar refractivity (Wildman–Crippen MR) is 66.0 cm³/mol. The van der Waals surface area contributed by atoms with E-state index in [1.165, 1.54) is 12.8 Å². The quantitative estimate of drug-likeness (QED) is 0.537. The summed E-state index contributed by atoms with van der Waals surface area (Å²) in [4.78, 5) is 22.7. The molecule has 4 heteroatoms. The van der Waals surface area contributed by atoms with Crippen LogP contribution in [0.25, 0.3) is 0 Å². The van der Waals surface area contributed by atoms with E-state index in [2.05, 4.69) is 0 Å². The molecule has 0 aromatic rings. The van der Waals surface area contributed by atoms with E-state index in [0.717, 1.165) is 19.1 Å². The van der Waals surface area contributed by atoms with Gasteiger partial charge in [0.05, 0.1) is 18.6 Å². The Balaban J connectivity index is 1.95. The van der Waals surface area contributed by atoms with E-state index in [-0.39, 0.29) is 24.2 Å². The van der Waals surface area contributed by atoms with Crippen LogP contribution in [0.5, 0.6) is 0 Å². The first-order valence-electron chi connectivity index (χ1n) is 6.98. The molecule has 0 unspecified atom stereocenters. The molecule has 4 nitrogen and oxygen atoms in total. The third kappa shape index (κ3) is 3.31. The maximum absolute atomic E-state index is 11.9. The van der Waals surface area contributed by atoms with E-state index < -0.39 is 0 Å². The lowest BCUT2D eigenvalue weighted by atomic mass is 9.81. The predicted octanol–water partition coefficient (Wildman–Crippen LogP) is 1.96. The number of hydrogen-bond acceptors (Lipinski definition) is 4. The fraction of sp³-hybridized carbons (Fsp3) is 0.857. The molecule has 1 aliphatic heterocycles. The monoisotopic (exact) mass is 254 g/mol. The van der Waals surface area contributed by atoms with E-state index >= 15 is 0 Å². The third-order valence-corrected chi connectivity index (χ3v) is 4.01. The van der Waals surface area contributed by atoms with Crippen molar-refractivity contribution in [2.75, 3.05) is 13.2 Å². The van der Waals surface area contributed by atoms with Crippen molar-refractivity contribution in [2.45, 2.75) is 45.1 Å². The van der Waals surface area contributed by atoms with Gasteiger partial charge in [-0.15, -0.1) is 0 Å². The zero-order valence-electron chi connectivity index (χ0n) is 11.0. The Morgan fingerprint density at radius 2 is 2.22 bits per heavy atom. The number of carbonyl (C=O) groups excluding carboxylic acids is 2. The second-order valence-electron chi connectivity index (χ2n) is 5.29. The Kier molecular flexibility index (Phi) is 4.75. The van der Waals surface area contributed by atoms with Gasteiger partial charge < -0.3 is 14.3 Å². The highest BCUT2D eigenvalue weighted by atomic mass is 16.5. The minimum Gasteiger partial charge on any atom is -0.466 e. The number of ether oxygens (including phenoxy) is 2. The van der Waals surface area contributed by atoms with Gasteiger partial charge in [-0.05, 0) is 44.4 Å². The Labute approximate surface area is 108 Å². The summed E-state index contributed by atoms with van der Waals surface area (Å²) in [7, 11) is 0. The summed E-state index contributed by atoms with van der Waals surface area (Å²) in [6, 6.07) is 0. The molecule has 0 spiro atoms. The molecule has 0 radical (unpaired) electrons. The first-order valence-corrected chi connectivity index (χ1v) is 6.98. The van der Waals surface area contributed by atoms with Crippen molar-refractivity contribution in [3.63, 3.8) is 0 Å². The molecule has 0 aromatic carbocycles. The van der Waals surface area contributed by atoms with Crippen molar-refractivity contribution < 1.29 is 19.1 Å². The van der Waals surface area contributed by atoms with Gasteiger partial charge in [0.2, 0.25) is 0 Å². The number of rotatable bonds is 6.